The average molecular weight is 332 g/mol. The fourth-order valence-electron chi connectivity index (χ4n) is 2.37. The number of aromatic amines is 1. The van der Waals surface area contributed by atoms with Gasteiger partial charge in [-0.25, -0.2) is 15.0 Å². The molecule has 7 nitrogen and oxygen atoms in total. The Kier molecular flexibility index (Phi) is 4.92. The van der Waals surface area contributed by atoms with Crippen LogP contribution in [0.15, 0.2) is 28.3 Å². The van der Waals surface area contributed by atoms with Crippen molar-refractivity contribution < 1.29 is 0 Å². The number of anilines is 1. The maximum absolute atomic E-state index is 11.9. The molecule has 23 heavy (non-hydrogen) atoms. The van der Waals surface area contributed by atoms with Crippen LogP contribution in [-0.2, 0) is 5.75 Å². The highest BCUT2D eigenvalue weighted by Crippen LogP contribution is 2.18. The smallest absolute Gasteiger partial charge is 0.252 e. The Morgan fingerprint density at radius 3 is 2.78 bits per heavy atom. The number of H-pyrrole nitrogens is 1. The molecule has 2 aromatic rings. The van der Waals surface area contributed by atoms with Crippen LogP contribution >= 0.6 is 11.8 Å². The SMILES string of the molecule is Cc1ccnc(SCc2cc(=O)[nH]c(N3CCN(C)CC3)n2)n1. The summed E-state index contributed by atoms with van der Waals surface area (Å²) < 4.78 is 0. The van der Waals surface area contributed by atoms with E-state index in [0.29, 0.717) is 16.9 Å². The Morgan fingerprint density at radius 1 is 1.26 bits per heavy atom. The quantitative estimate of drug-likeness (QED) is 0.659. The second kappa shape index (κ2) is 7.10. The standard InChI is InChI=1S/C15H20N6OS/c1-11-3-4-16-15(17-11)23-10-12-9-13(22)19-14(18-12)21-7-5-20(2)6-8-21/h3-4,9H,5-8,10H2,1-2H3,(H,18,19,22). The molecule has 0 amide bonds. The molecule has 1 N–H and O–H groups in total. The first-order valence-electron chi connectivity index (χ1n) is 7.56. The van der Waals surface area contributed by atoms with Gasteiger partial charge in [0.15, 0.2) is 5.16 Å². The van der Waals surface area contributed by atoms with E-state index in [1.54, 1.807) is 12.3 Å². The highest BCUT2D eigenvalue weighted by molar-refractivity contribution is 7.98. The summed E-state index contributed by atoms with van der Waals surface area (Å²) in [5, 5.41) is 0.702. The number of nitrogens with one attached hydrogen (secondary N) is 1. The molecule has 3 heterocycles. The number of piperazine rings is 1. The van der Waals surface area contributed by atoms with E-state index in [0.717, 1.165) is 37.6 Å². The molecule has 0 radical (unpaired) electrons. The van der Waals surface area contributed by atoms with Gasteiger partial charge in [0.25, 0.3) is 5.56 Å². The Bertz CT molecular complexity index is 726. The van der Waals surface area contributed by atoms with E-state index in [1.165, 1.54) is 11.8 Å². The van der Waals surface area contributed by atoms with Gasteiger partial charge >= 0.3 is 0 Å². The number of aryl methyl sites for hydroxylation is 1. The zero-order valence-electron chi connectivity index (χ0n) is 13.3. The Labute approximate surface area is 139 Å². The van der Waals surface area contributed by atoms with Gasteiger partial charge in [-0.15, -0.1) is 0 Å². The summed E-state index contributed by atoms with van der Waals surface area (Å²) in [6, 6.07) is 3.41. The minimum Gasteiger partial charge on any atom is -0.340 e. The van der Waals surface area contributed by atoms with E-state index in [-0.39, 0.29) is 5.56 Å². The largest absolute Gasteiger partial charge is 0.340 e. The second-order valence-electron chi connectivity index (χ2n) is 5.62. The number of rotatable bonds is 4. The zero-order valence-corrected chi connectivity index (χ0v) is 14.1. The van der Waals surface area contributed by atoms with Crippen LogP contribution in [0.4, 0.5) is 5.95 Å². The van der Waals surface area contributed by atoms with E-state index in [2.05, 4.69) is 36.8 Å². The molecule has 0 saturated carbocycles. The summed E-state index contributed by atoms with van der Waals surface area (Å²) in [4.78, 5) is 32.3. The predicted octanol–water partition coefficient (Wildman–Crippen LogP) is 0.912. The summed E-state index contributed by atoms with van der Waals surface area (Å²) in [5.41, 5.74) is 1.56. The van der Waals surface area contributed by atoms with Crippen LogP contribution in [0.3, 0.4) is 0 Å². The molecule has 0 spiro atoms. The first-order chi connectivity index (χ1) is 11.1. The van der Waals surface area contributed by atoms with Crippen LogP contribution < -0.4 is 10.5 Å². The highest BCUT2D eigenvalue weighted by atomic mass is 32.2. The number of hydrogen-bond donors (Lipinski definition) is 1. The lowest BCUT2D eigenvalue weighted by molar-refractivity contribution is 0.311. The van der Waals surface area contributed by atoms with Gasteiger partial charge in [0.2, 0.25) is 5.95 Å². The van der Waals surface area contributed by atoms with Gasteiger partial charge in [0, 0.05) is 49.9 Å². The average Bonchev–Trinajstić information content (AvgIpc) is 2.53. The van der Waals surface area contributed by atoms with Crippen molar-refractivity contribution >= 4 is 17.7 Å². The molecule has 1 saturated heterocycles. The Morgan fingerprint density at radius 2 is 2.04 bits per heavy atom. The van der Waals surface area contributed by atoms with E-state index < -0.39 is 0 Å². The monoisotopic (exact) mass is 332 g/mol. The summed E-state index contributed by atoms with van der Waals surface area (Å²) in [7, 11) is 2.10. The third kappa shape index (κ3) is 4.29. The van der Waals surface area contributed by atoms with Crippen molar-refractivity contribution in [1.82, 2.24) is 24.8 Å². The molecule has 0 aliphatic carbocycles. The van der Waals surface area contributed by atoms with Gasteiger partial charge in [0.1, 0.15) is 0 Å². The number of nitrogens with zero attached hydrogens (tertiary/aromatic N) is 5. The maximum Gasteiger partial charge on any atom is 0.252 e. The van der Waals surface area contributed by atoms with E-state index in [4.69, 9.17) is 0 Å². The van der Waals surface area contributed by atoms with Gasteiger partial charge in [-0.2, -0.15) is 0 Å². The van der Waals surface area contributed by atoms with Gasteiger partial charge < -0.3 is 9.80 Å². The molecule has 122 valence electrons. The molecular formula is C15H20N6OS. The number of likely N-dealkylation sites (N-methyl/N-ethyl adjacent to an activating group) is 1. The van der Waals surface area contributed by atoms with E-state index >= 15 is 0 Å². The van der Waals surface area contributed by atoms with Gasteiger partial charge in [-0.05, 0) is 20.0 Å². The summed E-state index contributed by atoms with van der Waals surface area (Å²) in [6.07, 6.45) is 1.74. The topological polar surface area (TPSA) is 78.0 Å². The van der Waals surface area contributed by atoms with Crippen LogP contribution in [-0.4, -0.2) is 58.1 Å². The number of aromatic nitrogens is 4. The normalized spacial score (nSPS) is 15.8. The minimum absolute atomic E-state index is 0.116. The molecule has 1 fully saturated rings. The molecule has 1 aliphatic heterocycles. The molecule has 0 aromatic carbocycles. The van der Waals surface area contributed by atoms with Crippen molar-refractivity contribution in [3.8, 4) is 0 Å². The van der Waals surface area contributed by atoms with Crippen molar-refractivity contribution in [1.29, 1.82) is 0 Å². The third-order valence-electron chi connectivity index (χ3n) is 3.71. The van der Waals surface area contributed by atoms with Crippen LogP contribution in [0.2, 0.25) is 0 Å². The Hall–Kier alpha value is -1.93. The fraction of sp³-hybridized carbons (Fsp3) is 0.467. The van der Waals surface area contributed by atoms with Crippen LogP contribution in [0.5, 0.6) is 0 Å². The lowest BCUT2D eigenvalue weighted by Gasteiger charge is -2.32. The summed E-state index contributed by atoms with van der Waals surface area (Å²) in [5.74, 6) is 1.24. The van der Waals surface area contributed by atoms with Crippen LogP contribution in [0.25, 0.3) is 0 Å². The Balaban J connectivity index is 1.71. The molecular weight excluding hydrogens is 312 g/mol. The van der Waals surface area contributed by atoms with Gasteiger partial charge in [-0.1, -0.05) is 11.8 Å². The van der Waals surface area contributed by atoms with Gasteiger partial charge in [0.05, 0.1) is 5.69 Å². The zero-order chi connectivity index (χ0) is 16.2. The minimum atomic E-state index is -0.116. The van der Waals surface area contributed by atoms with E-state index in [9.17, 15) is 4.79 Å². The van der Waals surface area contributed by atoms with Crippen molar-refractivity contribution in [2.45, 2.75) is 17.8 Å². The fourth-order valence-corrected chi connectivity index (χ4v) is 3.14. The number of thioether (sulfide) groups is 1. The molecule has 0 bridgehead atoms. The first kappa shape index (κ1) is 15.9. The molecule has 1 aliphatic rings. The predicted molar refractivity (Wildman–Crippen MR) is 90.9 cm³/mol. The third-order valence-corrected chi connectivity index (χ3v) is 4.60. The summed E-state index contributed by atoms with van der Waals surface area (Å²) in [6.45, 7) is 5.62. The second-order valence-corrected chi connectivity index (χ2v) is 6.56. The molecule has 2 aromatic heterocycles. The number of hydrogen-bond acceptors (Lipinski definition) is 7. The van der Waals surface area contributed by atoms with Crippen LogP contribution in [0, 0.1) is 6.92 Å². The van der Waals surface area contributed by atoms with E-state index in [1.807, 2.05) is 13.0 Å². The van der Waals surface area contributed by atoms with Gasteiger partial charge in [-0.3, -0.25) is 9.78 Å². The lowest BCUT2D eigenvalue weighted by atomic mass is 10.3. The molecule has 8 heteroatoms. The molecule has 0 unspecified atom stereocenters. The van der Waals surface area contributed by atoms with Crippen LogP contribution in [0.1, 0.15) is 11.4 Å². The molecule has 3 rings (SSSR count). The first-order valence-corrected chi connectivity index (χ1v) is 8.55. The van der Waals surface area contributed by atoms with Crippen molar-refractivity contribution in [2.75, 3.05) is 38.1 Å². The van der Waals surface area contributed by atoms with Crippen molar-refractivity contribution in [2.24, 2.45) is 0 Å². The summed E-state index contributed by atoms with van der Waals surface area (Å²) >= 11 is 1.49. The van der Waals surface area contributed by atoms with Crippen molar-refractivity contribution in [3.05, 3.63) is 40.1 Å². The lowest BCUT2D eigenvalue weighted by Crippen LogP contribution is -2.45. The highest BCUT2D eigenvalue weighted by Gasteiger charge is 2.16. The van der Waals surface area contributed by atoms with Crippen molar-refractivity contribution in [3.63, 3.8) is 0 Å². The molecule has 0 atom stereocenters. The maximum atomic E-state index is 11.9.